The second kappa shape index (κ2) is 6.41. The largest absolute Gasteiger partial charge is 0.273 e. The maximum absolute atomic E-state index is 11.8. The van der Waals surface area contributed by atoms with Gasteiger partial charge in [0.1, 0.15) is 5.69 Å². The lowest BCUT2D eigenvalue weighted by atomic mass is 10.1. The Hall–Kier alpha value is -2.35. The molecular weight excluding hydrogens is 316 g/mol. The Kier molecular flexibility index (Phi) is 4.33. The van der Waals surface area contributed by atoms with E-state index in [0.29, 0.717) is 12.1 Å². The Labute approximate surface area is 133 Å². The number of hydrazone groups is 1. The Morgan fingerprint density at radius 2 is 2.13 bits per heavy atom. The van der Waals surface area contributed by atoms with E-state index in [4.69, 9.17) is 0 Å². The Balaban J connectivity index is 1.56. The van der Waals surface area contributed by atoms with Gasteiger partial charge in [0.2, 0.25) is 5.91 Å². The van der Waals surface area contributed by atoms with Crippen LogP contribution in [0.4, 0.5) is 0 Å². The van der Waals surface area contributed by atoms with Crippen LogP contribution in [0.25, 0.3) is 11.0 Å². The topological polar surface area (TPSA) is 101 Å². The molecule has 1 aromatic heterocycles. The predicted octanol–water partition coefficient (Wildman–Crippen LogP) is 0.905. The summed E-state index contributed by atoms with van der Waals surface area (Å²) in [6.45, 7) is 0. The number of para-hydroxylation sites is 2. The summed E-state index contributed by atoms with van der Waals surface area (Å²) in [6, 6.07) is 7.46. The summed E-state index contributed by atoms with van der Waals surface area (Å²) >= 11 is 0. The number of nitrogens with one attached hydrogen (secondary N) is 1. The summed E-state index contributed by atoms with van der Waals surface area (Å²) in [5.41, 5.74) is 4.47. The van der Waals surface area contributed by atoms with Crippen molar-refractivity contribution in [2.45, 2.75) is 12.8 Å². The number of hydrogen-bond acceptors (Lipinski definition) is 6. The summed E-state index contributed by atoms with van der Waals surface area (Å²) < 4.78 is 22.7. The summed E-state index contributed by atoms with van der Waals surface area (Å²) in [5.74, 6) is -0.158. The maximum Gasteiger partial charge on any atom is 0.240 e. The maximum atomic E-state index is 11.8. The van der Waals surface area contributed by atoms with Crippen LogP contribution in [-0.4, -0.2) is 42.0 Å². The van der Waals surface area contributed by atoms with Crippen molar-refractivity contribution in [2.24, 2.45) is 11.0 Å². The summed E-state index contributed by atoms with van der Waals surface area (Å²) in [7, 11) is -2.96. The van der Waals surface area contributed by atoms with E-state index in [9.17, 15) is 13.2 Å². The minimum absolute atomic E-state index is 0.0836. The molecule has 1 amide bonds. The molecule has 8 heteroatoms. The number of carbonyl (C=O) groups excluding carboxylic acids is 1. The minimum Gasteiger partial charge on any atom is -0.273 e. The molecule has 0 saturated carbocycles. The number of fused-ring (bicyclic) bond motifs is 1. The smallest absolute Gasteiger partial charge is 0.240 e. The molecule has 120 valence electrons. The van der Waals surface area contributed by atoms with Crippen molar-refractivity contribution in [3.63, 3.8) is 0 Å². The van der Waals surface area contributed by atoms with Gasteiger partial charge in [0.05, 0.1) is 35.0 Å². The molecule has 2 aromatic rings. The second-order valence-corrected chi connectivity index (χ2v) is 7.78. The highest BCUT2D eigenvalue weighted by molar-refractivity contribution is 7.91. The standard InChI is InChI=1S/C15H16N4O3S/c20-15(7-11-5-6-23(21,22)10-11)19-17-9-12-8-16-13-3-1-2-4-14(13)18-12/h1-4,8-9,11H,5-7,10H2,(H,19,20)/b17-9-/t11-/m1/s1. The van der Waals surface area contributed by atoms with E-state index >= 15 is 0 Å². The van der Waals surface area contributed by atoms with Crippen LogP contribution >= 0.6 is 0 Å². The van der Waals surface area contributed by atoms with Gasteiger partial charge in [-0.3, -0.25) is 9.78 Å². The first kappa shape index (κ1) is 15.5. The Bertz CT molecular complexity index is 864. The second-order valence-electron chi connectivity index (χ2n) is 5.55. The summed E-state index contributed by atoms with van der Waals surface area (Å²) in [4.78, 5) is 20.4. The minimum atomic E-state index is -2.96. The van der Waals surface area contributed by atoms with Crippen LogP contribution in [0.2, 0.25) is 0 Å². The first-order chi connectivity index (χ1) is 11.0. The molecule has 0 bridgehead atoms. The fraction of sp³-hybridized carbons (Fsp3) is 0.333. The van der Waals surface area contributed by atoms with Crippen LogP contribution in [0.15, 0.2) is 35.6 Å². The molecule has 1 fully saturated rings. The molecule has 0 unspecified atom stereocenters. The number of sulfone groups is 1. The third-order valence-corrected chi connectivity index (χ3v) is 5.49. The van der Waals surface area contributed by atoms with Crippen LogP contribution in [-0.2, 0) is 14.6 Å². The molecule has 7 nitrogen and oxygen atoms in total. The van der Waals surface area contributed by atoms with Crippen LogP contribution in [0.1, 0.15) is 18.5 Å². The first-order valence-corrected chi connectivity index (χ1v) is 9.08. The zero-order chi connectivity index (χ0) is 16.3. The van der Waals surface area contributed by atoms with Crippen molar-refractivity contribution in [2.75, 3.05) is 11.5 Å². The molecular formula is C15H16N4O3S. The Morgan fingerprint density at radius 1 is 1.35 bits per heavy atom. The summed E-state index contributed by atoms with van der Waals surface area (Å²) in [6.07, 6.45) is 3.69. The van der Waals surface area contributed by atoms with Crippen molar-refractivity contribution in [1.82, 2.24) is 15.4 Å². The lowest BCUT2D eigenvalue weighted by Crippen LogP contribution is -2.21. The average molecular weight is 332 g/mol. The monoisotopic (exact) mass is 332 g/mol. The van der Waals surface area contributed by atoms with Crippen LogP contribution in [0, 0.1) is 5.92 Å². The average Bonchev–Trinajstić information content (AvgIpc) is 2.86. The van der Waals surface area contributed by atoms with Crippen LogP contribution in [0.5, 0.6) is 0 Å². The normalized spacial score (nSPS) is 20.1. The van der Waals surface area contributed by atoms with E-state index in [1.165, 1.54) is 6.21 Å². The fourth-order valence-electron chi connectivity index (χ4n) is 2.54. The van der Waals surface area contributed by atoms with Gasteiger partial charge in [-0.15, -0.1) is 0 Å². The van der Waals surface area contributed by atoms with E-state index < -0.39 is 9.84 Å². The lowest BCUT2D eigenvalue weighted by molar-refractivity contribution is -0.121. The molecule has 23 heavy (non-hydrogen) atoms. The molecule has 0 spiro atoms. The molecule has 1 atom stereocenters. The third-order valence-electron chi connectivity index (χ3n) is 3.65. The van der Waals surface area contributed by atoms with Crippen LogP contribution < -0.4 is 5.43 Å². The van der Waals surface area contributed by atoms with Crippen molar-refractivity contribution >= 4 is 33.0 Å². The number of rotatable bonds is 4. The zero-order valence-electron chi connectivity index (χ0n) is 12.3. The number of carbonyl (C=O) groups is 1. The molecule has 1 saturated heterocycles. The lowest BCUT2D eigenvalue weighted by Gasteiger charge is -2.05. The predicted molar refractivity (Wildman–Crippen MR) is 86.7 cm³/mol. The van der Waals surface area contributed by atoms with Gasteiger partial charge in [-0.2, -0.15) is 5.10 Å². The van der Waals surface area contributed by atoms with E-state index in [1.54, 1.807) is 6.20 Å². The highest BCUT2D eigenvalue weighted by atomic mass is 32.2. The zero-order valence-corrected chi connectivity index (χ0v) is 13.2. The van der Waals surface area contributed by atoms with Gasteiger partial charge in [0, 0.05) is 6.42 Å². The number of aromatic nitrogens is 2. The van der Waals surface area contributed by atoms with E-state index in [-0.39, 0.29) is 29.8 Å². The molecule has 2 heterocycles. The molecule has 1 aromatic carbocycles. The quantitative estimate of drug-likeness (QED) is 0.662. The molecule has 1 N–H and O–H groups in total. The van der Waals surface area contributed by atoms with Crippen LogP contribution in [0.3, 0.4) is 0 Å². The number of benzene rings is 1. The number of amides is 1. The fourth-order valence-corrected chi connectivity index (χ4v) is 4.41. The molecule has 1 aliphatic heterocycles. The molecule has 0 radical (unpaired) electrons. The van der Waals surface area contributed by atoms with Gasteiger partial charge in [-0.05, 0) is 24.5 Å². The van der Waals surface area contributed by atoms with Gasteiger partial charge in [-0.1, -0.05) is 12.1 Å². The Morgan fingerprint density at radius 3 is 2.87 bits per heavy atom. The first-order valence-electron chi connectivity index (χ1n) is 7.26. The highest BCUT2D eigenvalue weighted by Crippen LogP contribution is 2.21. The van der Waals surface area contributed by atoms with Crippen molar-refractivity contribution in [3.8, 4) is 0 Å². The van der Waals surface area contributed by atoms with E-state index in [0.717, 1.165) is 11.0 Å². The van der Waals surface area contributed by atoms with Gasteiger partial charge in [0.25, 0.3) is 0 Å². The summed E-state index contributed by atoms with van der Waals surface area (Å²) in [5, 5.41) is 3.85. The van der Waals surface area contributed by atoms with Gasteiger partial charge < -0.3 is 0 Å². The number of nitrogens with zero attached hydrogens (tertiary/aromatic N) is 3. The molecule has 3 rings (SSSR count). The van der Waals surface area contributed by atoms with Gasteiger partial charge >= 0.3 is 0 Å². The van der Waals surface area contributed by atoms with Crippen molar-refractivity contribution in [3.05, 3.63) is 36.2 Å². The van der Waals surface area contributed by atoms with Gasteiger partial charge in [-0.25, -0.2) is 18.8 Å². The van der Waals surface area contributed by atoms with Crippen molar-refractivity contribution in [1.29, 1.82) is 0 Å². The number of hydrogen-bond donors (Lipinski definition) is 1. The van der Waals surface area contributed by atoms with Crippen molar-refractivity contribution < 1.29 is 13.2 Å². The van der Waals surface area contributed by atoms with Gasteiger partial charge in [0.15, 0.2) is 9.84 Å². The molecule has 0 aliphatic carbocycles. The third kappa shape index (κ3) is 4.10. The molecule has 1 aliphatic rings. The SMILES string of the molecule is O=C(C[C@H]1CCS(=O)(=O)C1)N/N=C\c1cnc2ccccc2n1. The highest BCUT2D eigenvalue weighted by Gasteiger charge is 2.29. The van der Waals surface area contributed by atoms with E-state index in [2.05, 4.69) is 20.5 Å². The van der Waals surface area contributed by atoms with E-state index in [1.807, 2.05) is 24.3 Å².